The van der Waals surface area contributed by atoms with E-state index in [0.717, 1.165) is 11.1 Å². The summed E-state index contributed by atoms with van der Waals surface area (Å²) in [5, 5.41) is 0.640. The van der Waals surface area contributed by atoms with E-state index in [1.165, 1.54) is 6.07 Å². The summed E-state index contributed by atoms with van der Waals surface area (Å²) in [6.45, 7) is 2.45. The number of rotatable bonds is 3. The van der Waals surface area contributed by atoms with Gasteiger partial charge in [-0.05, 0) is 30.7 Å². The zero-order valence-electron chi connectivity index (χ0n) is 11.6. The van der Waals surface area contributed by atoms with Crippen LogP contribution in [0.3, 0.4) is 0 Å². The Hall–Kier alpha value is -2.02. The van der Waals surface area contributed by atoms with Crippen molar-refractivity contribution in [1.82, 2.24) is 0 Å². The van der Waals surface area contributed by atoms with E-state index in [-0.39, 0.29) is 13.2 Å². The van der Waals surface area contributed by atoms with Crippen LogP contribution in [-0.4, -0.2) is 6.54 Å². The fourth-order valence-corrected chi connectivity index (χ4v) is 2.05. The Morgan fingerprint density at radius 1 is 1.24 bits per heavy atom. The predicted molar refractivity (Wildman–Crippen MR) is 82.9 cm³/mol. The van der Waals surface area contributed by atoms with Crippen LogP contribution in [0.25, 0.3) is 0 Å². The van der Waals surface area contributed by atoms with Crippen molar-refractivity contribution < 1.29 is 9.13 Å². The Labute approximate surface area is 128 Å². The molecule has 0 atom stereocenters. The molecular weight excluding hydrogens is 289 g/mol. The van der Waals surface area contributed by atoms with E-state index in [0.29, 0.717) is 16.3 Å². The van der Waals surface area contributed by atoms with Crippen LogP contribution in [0, 0.1) is 24.6 Å². The van der Waals surface area contributed by atoms with Crippen LogP contribution in [0.15, 0.2) is 36.4 Å². The van der Waals surface area contributed by atoms with Gasteiger partial charge in [-0.15, -0.1) is 0 Å². The smallest absolute Gasteiger partial charge is 0.142 e. The summed E-state index contributed by atoms with van der Waals surface area (Å²) < 4.78 is 19.3. The van der Waals surface area contributed by atoms with Gasteiger partial charge >= 0.3 is 0 Å². The number of halogens is 2. The van der Waals surface area contributed by atoms with Crippen molar-refractivity contribution in [3.63, 3.8) is 0 Å². The van der Waals surface area contributed by atoms with E-state index >= 15 is 0 Å². The van der Waals surface area contributed by atoms with Gasteiger partial charge in [0.05, 0.1) is 12.1 Å². The quantitative estimate of drug-likeness (QED) is 0.878. The molecule has 0 bridgehead atoms. The average Bonchev–Trinajstić information content (AvgIpc) is 2.45. The molecule has 2 rings (SSSR count). The van der Waals surface area contributed by atoms with Gasteiger partial charge in [-0.2, -0.15) is 0 Å². The van der Waals surface area contributed by atoms with Gasteiger partial charge in [0.15, 0.2) is 0 Å². The first-order valence-corrected chi connectivity index (χ1v) is 6.84. The molecule has 21 heavy (non-hydrogen) atoms. The molecule has 2 aromatic rings. The van der Waals surface area contributed by atoms with Crippen LogP contribution >= 0.6 is 11.6 Å². The molecule has 108 valence electrons. The van der Waals surface area contributed by atoms with E-state index in [4.69, 9.17) is 22.1 Å². The van der Waals surface area contributed by atoms with E-state index in [1.54, 1.807) is 12.1 Å². The van der Waals surface area contributed by atoms with Crippen LogP contribution in [0.4, 0.5) is 4.39 Å². The summed E-state index contributed by atoms with van der Waals surface area (Å²) >= 11 is 6.13. The molecule has 0 saturated heterocycles. The normalized spacial score (nSPS) is 9.90. The molecule has 0 aliphatic carbocycles. The average molecular weight is 304 g/mol. The van der Waals surface area contributed by atoms with E-state index in [1.807, 2.05) is 25.1 Å². The van der Waals surface area contributed by atoms with Crippen molar-refractivity contribution in [2.24, 2.45) is 5.73 Å². The maximum atomic E-state index is 13.8. The number of ether oxygens (including phenoxy) is 1. The van der Waals surface area contributed by atoms with E-state index in [2.05, 4.69) is 11.8 Å². The fourth-order valence-electron chi connectivity index (χ4n) is 1.76. The lowest BCUT2D eigenvalue weighted by Gasteiger charge is -2.09. The van der Waals surface area contributed by atoms with Gasteiger partial charge in [0, 0.05) is 16.7 Å². The highest BCUT2D eigenvalue weighted by molar-refractivity contribution is 6.31. The number of benzene rings is 2. The Bertz CT molecular complexity index is 704. The Morgan fingerprint density at radius 2 is 2.05 bits per heavy atom. The molecular formula is C17H15ClFNO. The number of nitrogens with two attached hydrogens (primary N) is 1. The fraction of sp³-hybridized carbons (Fsp3) is 0.176. The molecule has 0 spiro atoms. The van der Waals surface area contributed by atoms with Crippen molar-refractivity contribution in [3.8, 4) is 17.6 Å². The lowest BCUT2D eigenvalue weighted by Crippen LogP contribution is -1.98. The molecule has 0 amide bonds. The Balaban J connectivity index is 2.08. The molecule has 0 saturated carbocycles. The van der Waals surface area contributed by atoms with Gasteiger partial charge in [-0.25, -0.2) is 4.39 Å². The molecule has 0 unspecified atom stereocenters. The molecule has 2 N–H and O–H groups in total. The monoisotopic (exact) mass is 303 g/mol. The van der Waals surface area contributed by atoms with Crippen LogP contribution in [0.5, 0.6) is 5.75 Å². The third-order valence-corrected chi connectivity index (χ3v) is 3.22. The van der Waals surface area contributed by atoms with E-state index < -0.39 is 5.82 Å². The SMILES string of the molecule is Cc1ccc(COc2ccc(C#CCN)c(F)c2)c(Cl)c1. The highest BCUT2D eigenvalue weighted by Gasteiger charge is 2.05. The summed E-state index contributed by atoms with van der Waals surface area (Å²) in [6, 6.07) is 10.3. The summed E-state index contributed by atoms with van der Waals surface area (Å²) in [6.07, 6.45) is 0. The molecule has 2 nitrogen and oxygen atoms in total. The van der Waals surface area contributed by atoms with Gasteiger partial charge < -0.3 is 10.5 Å². The van der Waals surface area contributed by atoms with Crippen LogP contribution in [0.2, 0.25) is 5.02 Å². The molecule has 0 radical (unpaired) electrons. The second-order valence-corrected chi connectivity index (χ2v) is 4.94. The van der Waals surface area contributed by atoms with E-state index in [9.17, 15) is 4.39 Å². The lowest BCUT2D eigenvalue weighted by molar-refractivity contribution is 0.304. The number of aryl methyl sites for hydroxylation is 1. The molecule has 0 aromatic heterocycles. The summed E-state index contributed by atoms with van der Waals surface area (Å²) in [4.78, 5) is 0. The standard InChI is InChI=1S/C17H15ClFNO/c1-12-4-5-14(16(18)9-12)11-21-15-7-6-13(3-2-8-20)17(19)10-15/h4-7,9-10H,8,11,20H2,1H3. The molecule has 0 aliphatic rings. The van der Waals surface area contributed by atoms with Gasteiger partial charge in [0.2, 0.25) is 0 Å². The Kier molecular flexibility index (Phi) is 5.21. The van der Waals surface area contributed by atoms with Crippen molar-refractivity contribution in [2.45, 2.75) is 13.5 Å². The summed E-state index contributed by atoms with van der Waals surface area (Å²) in [5.41, 5.74) is 7.50. The third kappa shape index (κ3) is 4.22. The van der Waals surface area contributed by atoms with Crippen LogP contribution < -0.4 is 10.5 Å². The summed E-state index contributed by atoms with van der Waals surface area (Å²) in [5.74, 6) is 5.28. The largest absolute Gasteiger partial charge is 0.489 e. The second-order valence-electron chi connectivity index (χ2n) is 4.53. The van der Waals surface area contributed by atoms with Gasteiger partial charge in [-0.3, -0.25) is 0 Å². The minimum absolute atomic E-state index is 0.198. The van der Waals surface area contributed by atoms with Gasteiger partial charge in [0.25, 0.3) is 0 Å². The third-order valence-electron chi connectivity index (χ3n) is 2.87. The Morgan fingerprint density at radius 3 is 2.71 bits per heavy atom. The summed E-state index contributed by atoms with van der Waals surface area (Å²) in [7, 11) is 0. The van der Waals surface area contributed by atoms with Crippen LogP contribution in [-0.2, 0) is 6.61 Å². The molecule has 0 aliphatic heterocycles. The first-order valence-electron chi connectivity index (χ1n) is 6.46. The first kappa shape index (κ1) is 15.4. The maximum absolute atomic E-state index is 13.8. The highest BCUT2D eigenvalue weighted by atomic mass is 35.5. The maximum Gasteiger partial charge on any atom is 0.142 e. The van der Waals surface area contributed by atoms with Crippen molar-refractivity contribution in [3.05, 3.63) is 63.9 Å². The van der Waals surface area contributed by atoms with Crippen LogP contribution in [0.1, 0.15) is 16.7 Å². The minimum Gasteiger partial charge on any atom is -0.489 e. The molecule has 4 heteroatoms. The lowest BCUT2D eigenvalue weighted by atomic mass is 10.1. The molecule has 0 heterocycles. The predicted octanol–water partition coefficient (Wildman–Crippen LogP) is 3.68. The highest BCUT2D eigenvalue weighted by Crippen LogP contribution is 2.21. The minimum atomic E-state index is -0.427. The topological polar surface area (TPSA) is 35.2 Å². The van der Waals surface area contributed by atoms with Crippen molar-refractivity contribution >= 4 is 11.6 Å². The molecule has 0 fully saturated rings. The number of hydrogen-bond acceptors (Lipinski definition) is 2. The zero-order chi connectivity index (χ0) is 15.2. The first-order chi connectivity index (χ1) is 10.1. The molecule has 2 aromatic carbocycles. The van der Waals surface area contributed by atoms with Gasteiger partial charge in [0.1, 0.15) is 18.2 Å². The van der Waals surface area contributed by atoms with Crippen molar-refractivity contribution in [2.75, 3.05) is 6.54 Å². The van der Waals surface area contributed by atoms with Gasteiger partial charge in [-0.1, -0.05) is 35.6 Å². The number of hydrogen-bond donors (Lipinski definition) is 1. The van der Waals surface area contributed by atoms with Crippen molar-refractivity contribution in [1.29, 1.82) is 0 Å². The second kappa shape index (κ2) is 7.12. The zero-order valence-corrected chi connectivity index (χ0v) is 12.4.